The highest BCUT2D eigenvalue weighted by Crippen LogP contribution is 2.37. The molecule has 3 heterocycles. The van der Waals surface area contributed by atoms with E-state index < -0.39 is 0 Å². The Morgan fingerprint density at radius 3 is 2.76 bits per heavy atom. The summed E-state index contributed by atoms with van der Waals surface area (Å²) >= 11 is 6.01. The molecule has 25 heavy (non-hydrogen) atoms. The van der Waals surface area contributed by atoms with Gasteiger partial charge in [-0.15, -0.1) is 0 Å². The van der Waals surface area contributed by atoms with Crippen molar-refractivity contribution >= 4 is 17.5 Å². The van der Waals surface area contributed by atoms with Crippen LogP contribution in [0.2, 0.25) is 5.02 Å². The third-order valence-corrected chi connectivity index (χ3v) is 5.73. The van der Waals surface area contributed by atoms with Gasteiger partial charge in [-0.1, -0.05) is 23.7 Å². The van der Waals surface area contributed by atoms with Crippen molar-refractivity contribution < 1.29 is 4.79 Å². The maximum absolute atomic E-state index is 13.3. The lowest BCUT2D eigenvalue weighted by Gasteiger charge is -2.29. The summed E-state index contributed by atoms with van der Waals surface area (Å²) in [4.78, 5) is 15.4. The van der Waals surface area contributed by atoms with Crippen LogP contribution in [0.4, 0.5) is 0 Å². The van der Waals surface area contributed by atoms with Gasteiger partial charge in [0.05, 0.1) is 18.2 Å². The molecular formula is C19H23ClN4O. The Kier molecular flexibility index (Phi) is 4.52. The van der Waals surface area contributed by atoms with Gasteiger partial charge in [0.2, 0.25) is 5.91 Å². The topological polar surface area (TPSA) is 50.2 Å². The van der Waals surface area contributed by atoms with Gasteiger partial charge in [-0.05, 0) is 36.1 Å². The Morgan fingerprint density at radius 2 is 2.04 bits per heavy atom. The SMILES string of the molecule is Cn1cc([C@H]2CNC[C@@H]2C(=O)N2CCCC2c2ccc(Cl)cc2)cn1. The van der Waals surface area contributed by atoms with Crippen LogP contribution >= 0.6 is 11.6 Å². The zero-order valence-corrected chi connectivity index (χ0v) is 15.1. The second-order valence-electron chi connectivity index (χ2n) is 7.06. The summed E-state index contributed by atoms with van der Waals surface area (Å²) in [5.41, 5.74) is 2.33. The molecule has 0 saturated carbocycles. The number of nitrogens with one attached hydrogen (secondary N) is 1. The smallest absolute Gasteiger partial charge is 0.228 e. The van der Waals surface area contributed by atoms with Crippen molar-refractivity contribution in [1.29, 1.82) is 0 Å². The predicted octanol–water partition coefficient (Wildman–Crippen LogP) is 2.74. The molecule has 0 radical (unpaired) electrons. The fourth-order valence-corrected chi connectivity index (χ4v) is 4.32. The van der Waals surface area contributed by atoms with Crippen LogP contribution in [0.1, 0.15) is 35.9 Å². The van der Waals surface area contributed by atoms with Crippen LogP contribution in [0.15, 0.2) is 36.7 Å². The summed E-state index contributed by atoms with van der Waals surface area (Å²) in [7, 11) is 1.92. The number of benzene rings is 1. The van der Waals surface area contributed by atoms with Crippen LogP contribution in [0, 0.1) is 5.92 Å². The molecule has 1 aromatic heterocycles. The van der Waals surface area contributed by atoms with Crippen LogP contribution < -0.4 is 5.32 Å². The molecule has 4 rings (SSSR count). The average molecular weight is 359 g/mol. The van der Waals surface area contributed by atoms with Crippen LogP contribution in [0.3, 0.4) is 0 Å². The van der Waals surface area contributed by atoms with Gasteiger partial charge < -0.3 is 10.2 Å². The monoisotopic (exact) mass is 358 g/mol. The number of likely N-dealkylation sites (tertiary alicyclic amines) is 1. The van der Waals surface area contributed by atoms with E-state index in [4.69, 9.17) is 11.6 Å². The number of nitrogens with zero attached hydrogens (tertiary/aromatic N) is 3. The van der Waals surface area contributed by atoms with E-state index in [1.54, 1.807) is 0 Å². The van der Waals surface area contributed by atoms with Gasteiger partial charge in [0.15, 0.2) is 0 Å². The number of rotatable bonds is 3. The average Bonchev–Trinajstić information content (AvgIpc) is 3.34. The number of halogens is 1. The molecule has 3 atom stereocenters. The van der Waals surface area contributed by atoms with Gasteiger partial charge in [0.25, 0.3) is 0 Å². The summed E-state index contributed by atoms with van der Waals surface area (Å²) in [6.07, 6.45) is 5.99. The van der Waals surface area contributed by atoms with E-state index in [2.05, 4.69) is 15.3 Å². The molecule has 1 aromatic carbocycles. The molecule has 2 aliphatic heterocycles. The third kappa shape index (κ3) is 3.18. The molecule has 2 aliphatic rings. The molecule has 5 nitrogen and oxygen atoms in total. The minimum Gasteiger partial charge on any atom is -0.335 e. The Balaban J connectivity index is 1.55. The summed E-state index contributed by atoms with van der Waals surface area (Å²) in [5.74, 6) is 0.445. The number of aryl methyl sites for hydroxylation is 1. The highest BCUT2D eigenvalue weighted by atomic mass is 35.5. The highest BCUT2D eigenvalue weighted by molar-refractivity contribution is 6.30. The lowest BCUT2D eigenvalue weighted by Crippen LogP contribution is -2.38. The van der Waals surface area contributed by atoms with Crippen molar-refractivity contribution in [2.45, 2.75) is 24.8 Å². The summed E-state index contributed by atoms with van der Waals surface area (Å²) in [5, 5.41) is 8.40. The fourth-order valence-electron chi connectivity index (χ4n) is 4.20. The molecule has 0 spiro atoms. The van der Waals surface area contributed by atoms with Gasteiger partial charge in [0.1, 0.15) is 0 Å². The number of carbonyl (C=O) groups excluding carboxylic acids is 1. The van der Waals surface area contributed by atoms with E-state index in [0.29, 0.717) is 0 Å². The molecule has 132 valence electrons. The van der Waals surface area contributed by atoms with Crippen molar-refractivity contribution in [3.8, 4) is 0 Å². The first-order chi connectivity index (χ1) is 12.1. The lowest BCUT2D eigenvalue weighted by atomic mass is 9.89. The maximum Gasteiger partial charge on any atom is 0.228 e. The number of hydrogen-bond acceptors (Lipinski definition) is 3. The zero-order chi connectivity index (χ0) is 17.4. The van der Waals surface area contributed by atoms with E-state index in [9.17, 15) is 4.79 Å². The quantitative estimate of drug-likeness (QED) is 0.917. The van der Waals surface area contributed by atoms with Crippen molar-refractivity contribution in [1.82, 2.24) is 20.0 Å². The van der Waals surface area contributed by atoms with Crippen molar-refractivity contribution in [2.24, 2.45) is 13.0 Å². The van der Waals surface area contributed by atoms with Crippen LogP contribution in [0.5, 0.6) is 0 Å². The van der Waals surface area contributed by atoms with Crippen LogP contribution in [-0.2, 0) is 11.8 Å². The van der Waals surface area contributed by atoms with Gasteiger partial charge in [-0.3, -0.25) is 9.48 Å². The van der Waals surface area contributed by atoms with E-state index >= 15 is 0 Å². The molecule has 2 aromatic rings. The van der Waals surface area contributed by atoms with Crippen LogP contribution in [-0.4, -0.2) is 40.2 Å². The number of amides is 1. The molecule has 1 amide bonds. The first-order valence-corrected chi connectivity index (χ1v) is 9.26. The van der Waals surface area contributed by atoms with Crippen molar-refractivity contribution in [3.05, 3.63) is 52.8 Å². The predicted molar refractivity (Wildman–Crippen MR) is 97.4 cm³/mol. The molecule has 1 N–H and O–H groups in total. The first kappa shape index (κ1) is 16.6. The van der Waals surface area contributed by atoms with Crippen molar-refractivity contribution in [3.63, 3.8) is 0 Å². The Labute approximate surface area is 153 Å². The fraction of sp³-hybridized carbons (Fsp3) is 0.474. The second-order valence-corrected chi connectivity index (χ2v) is 7.50. The molecule has 0 aliphatic carbocycles. The zero-order valence-electron chi connectivity index (χ0n) is 14.4. The molecule has 1 unspecified atom stereocenters. The maximum atomic E-state index is 13.3. The third-order valence-electron chi connectivity index (χ3n) is 5.48. The molecule has 2 saturated heterocycles. The normalized spacial score (nSPS) is 26.3. The van der Waals surface area contributed by atoms with Gasteiger partial charge in [-0.2, -0.15) is 5.10 Å². The largest absolute Gasteiger partial charge is 0.335 e. The van der Waals surface area contributed by atoms with Gasteiger partial charge in [0, 0.05) is 43.8 Å². The van der Waals surface area contributed by atoms with Gasteiger partial charge in [-0.25, -0.2) is 0 Å². The minimum absolute atomic E-state index is 0.0166. The number of carbonyl (C=O) groups is 1. The summed E-state index contributed by atoms with van der Waals surface area (Å²) in [6, 6.07) is 8.08. The molecule has 6 heteroatoms. The number of aromatic nitrogens is 2. The van der Waals surface area contributed by atoms with E-state index in [0.717, 1.165) is 43.1 Å². The number of hydrogen-bond donors (Lipinski definition) is 1. The van der Waals surface area contributed by atoms with Gasteiger partial charge >= 0.3 is 0 Å². The van der Waals surface area contributed by atoms with E-state index in [1.165, 1.54) is 5.56 Å². The Hall–Kier alpha value is -1.85. The standard InChI is InChI=1S/C19H23ClN4O/c1-23-12-14(9-22-23)16-10-21-11-17(16)19(25)24-8-2-3-18(24)13-4-6-15(20)7-5-13/h4-7,9,12,16-18,21H,2-3,8,10-11H2,1H3/t16-,17+,18?/m1/s1. The molecular weight excluding hydrogens is 336 g/mol. The summed E-state index contributed by atoms with van der Waals surface area (Å²) in [6.45, 7) is 2.41. The Morgan fingerprint density at radius 1 is 1.24 bits per heavy atom. The van der Waals surface area contributed by atoms with Crippen molar-refractivity contribution in [2.75, 3.05) is 19.6 Å². The molecule has 0 bridgehead atoms. The first-order valence-electron chi connectivity index (χ1n) is 8.88. The summed E-state index contributed by atoms with van der Waals surface area (Å²) < 4.78 is 1.81. The van der Waals surface area contributed by atoms with Crippen LogP contribution in [0.25, 0.3) is 0 Å². The Bertz CT molecular complexity index is 757. The molecule has 2 fully saturated rings. The lowest BCUT2D eigenvalue weighted by molar-refractivity contribution is -0.136. The highest BCUT2D eigenvalue weighted by Gasteiger charge is 2.40. The van der Waals surface area contributed by atoms with E-state index in [1.807, 2.05) is 48.4 Å². The minimum atomic E-state index is -0.0166. The van der Waals surface area contributed by atoms with E-state index in [-0.39, 0.29) is 23.8 Å². The second kappa shape index (κ2) is 6.81.